The average molecular weight is 213 g/mol. The smallest absolute Gasteiger partial charge is 0.397 e. The fraction of sp³-hybridized carbons (Fsp3) is 0.714. The van der Waals surface area contributed by atoms with E-state index in [1.807, 2.05) is 5.32 Å². The van der Waals surface area contributed by atoms with Crippen molar-refractivity contribution >= 4 is 11.9 Å². The van der Waals surface area contributed by atoms with E-state index in [0.29, 0.717) is 0 Å². The van der Waals surface area contributed by atoms with E-state index in [-0.39, 0.29) is 19.4 Å². The number of carboxylic acids is 1. The van der Waals surface area contributed by atoms with Gasteiger partial charge in [0.15, 0.2) is 0 Å². The normalized spacial score (nSPS) is 11.1. The van der Waals surface area contributed by atoms with Crippen molar-refractivity contribution < 1.29 is 27.9 Å². The minimum absolute atomic E-state index is 0.0544. The number of carboxylic acid groups (broad SMARTS) is 1. The van der Waals surface area contributed by atoms with Crippen molar-refractivity contribution in [1.82, 2.24) is 5.32 Å². The molecule has 0 bridgehead atoms. The van der Waals surface area contributed by atoms with Gasteiger partial charge in [-0.1, -0.05) is 0 Å². The van der Waals surface area contributed by atoms with Gasteiger partial charge in [0.1, 0.15) is 6.42 Å². The van der Waals surface area contributed by atoms with Crippen molar-refractivity contribution in [3.05, 3.63) is 0 Å². The Morgan fingerprint density at radius 2 is 1.86 bits per heavy atom. The van der Waals surface area contributed by atoms with Crippen LogP contribution in [-0.4, -0.2) is 29.7 Å². The molecule has 0 aromatic rings. The molecule has 7 heteroatoms. The van der Waals surface area contributed by atoms with Crippen LogP contribution >= 0.6 is 0 Å². The van der Waals surface area contributed by atoms with Crippen molar-refractivity contribution in [2.45, 2.75) is 25.4 Å². The molecule has 0 saturated heterocycles. The summed E-state index contributed by atoms with van der Waals surface area (Å²) in [5.41, 5.74) is 0. The van der Waals surface area contributed by atoms with Crippen LogP contribution in [0.15, 0.2) is 0 Å². The van der Waals surface area contributed by atoms with Gasteiger partial charge in [-0.15, -0.1) is 0 Å². The zero-order chi connectivity index (χ0) is 11.2. The second-order valence-electron chi connectivity index (χ2n) is 2.64. The zero-order valence-electron chi connectivity index (χ0n) is 7.23. The number of carbonyl (C=O) groups is 2. The van der Waals surface area contributed by atoms with Crippen molar-refractivity contribution in [1.29, 1.82) is 0 Å². The summed E-state index contributed by atoms with van der Waals surface area (Å²) in [5.74, 6) is -2.18. The van der Waals surface area contributed by atoms with Crippen LogP contribution < -0.4 is 5.32 Å². The fourth-order valence-electron chi connectivity index (χ4n) is 0.712. The maximum Gasteiger partial charge on any atom is 0.397 e. The van der Waals surface area contributed by atoms with E-state index in [1.54, 1.807) is 0 Å². The van der Waals surface area contributed by atoms with Gasteiger partial charge in [-0.25, -0.2) is 0 Å². The Balaban J connectivity index is 3.50. The molecule has 0 unspecified atom stereocenters. The summed E-state index contributed by atoms with van der Waals surface area (Å²) in [6, 6.07) is 0. The van der Waals surface area contributed by atoms with Crippen molar-refractivity contribution in [3.8, 4) is 0 Å². The van der Waals surface area contributed by atoms with Crippen LogP contribution in [0.2, 0.25) is 0 Å². The van der Waals surface area contributed by atoms with Gasteiger partial charge in [-0.2, -0.15) is 13.2 Å². The Hall–Kier alpha value is -1.27. The van der Waals surface area contributed by atoms with Crippen molar-refractivity contribution in [2.75, 3.05) is 6.54 Å². The van der Waals surface area contributed by atoms with Crippen LogP contribution in [0.25, 0.3) is 0 Å². The lowest BCUT2D eigenvalue weighted by molar-refractivity contribution is -0.154. The number of rotatable bonds is 5. The largest absolute Gasteiger partial charge is 0.481 e. The first kappa shape index (κ1) is 12.7. The fourth-order valence-corrected chi connectivity index (χ4v) is 0.712. The predicted octanol–water partition coefficient (Wildman–Crippen LogP) is 0.920. The third-order valence-corrected chi connectivity index (χ3v) is 1.25. The van der Waals surface area contributed by atoms with E-state index < -0.39 is 24.5 Å². The first-order valence-electron chi connectivity index (χ1n) is 3.86. The number of hydrogen-bond acceptors (Lipinski definition) is 2. The van der Waals surface area contributed by atoms with Crippen LogP contribution in [0.3, 0.4) is 0 Å². The van der Waals surface area contributed by atoms with Crippen LogP contribution in [0.1, 0.15) is 19.3 Å². The molecular weight excluding hydrogens is 203 g/mol. The topological polar surface area (TPSA) is 66.4 Å². The molecule has 4 nitrogen and oxygen atoms in total. The van der Waals surface area contributed by atoms with E-state index in [4.69, 9.17) is 5.11 Å². The first-order chi connectivity index (χ1) is 6.31. The summed E-state index contributed by atoms with van der Waals surface area (Å²) in [5, 5.41) is 10.1. The first-order valence-corrected chi connectivity index (χ1v) is 3.86. The third-order valence-electron chi connectivity index (χ3n) is 1.25. The molecule has 0 fully saturated rings. The minimum atomic E-state index is -4.52. The number of aliphatic carboxylic acids is 1. The van der Waals surface area contributed by atoms with Crippen molar-refractivity contribution in [2.24, 2.45) is 0 Å². The molecule has 0 radical (unpaired) electrons. The predicted molar refractivity (Wildman–Crippen MR) is 40.6 cm³/mol. The standard InChI is InChI=1S/C7H10F3NO3/c8-7(9,10)4-5(12)11-3-1-2-6(13)14/h1-4H2,(H,11,12)(H,13,14). The summed E-state index contributed by atoms with van der Waals surface area (Å²) >= 11 is 0. The van der Waals surface area contributed by atoms with Gasteiger partial charge < -0.3 is 10.4 Å². The lowest BCUT2D eigenvalue weighted by atomic mass is 10.3. The molecule has 0 aromatic heterocycles. The second-order valence-corrected chi connectivity index (χ2v) is 2.64. The van der Waals surface area contributed by atoms with Crippen LogP contribution in [0, 0.1) is 0 Å². The van der Waals surface area contributed by atoms with Gasteiger partial charge in [-0.3, -0.25) is 9.59 Å². The number of carbonyl (C=O) groups excluding carboxylic acids is 1. The van der Waals surface area contributed by atoms with Gasteiger partial charge in [0.2, 0.25) is 5.91 Å². The molecule has 82 valence electrons. The highest BCUT2D eigenvalue weighted by molar-refractivity contribution is 5.76. The summed E-state index contributed by atoms with van der Waals surface area (Å²) in [6.45, 7) is -0.0544. The average Bonchev–Trinajstić information content (AvgIpc) is 1.94. The van der Waals surface area contributed by atoms with Gasteiger partial charge in [0, 0.05) is 13.0 Å². The summed E-state index contributed by atoms with van der Waals surface area (Å²) in [7, 11) is 0. The molecule has 2 N–H and O–H groups in total. The number of alkyl halides is 3. The van der Waals surface area contributed by atoms with E-state index in [0.717, 1.165) is 0 Å². The van der Waals surface area contributed by atoms with Gasteiger partial charge in [0.25, 0.3) is 0 Å². The van der Waals surface area contributed by atoms with E-state index >= 15 is 0 Å². The summed E-state index contributed by atoms with van der Waals surface area (Å²) < 4.78 is 34.8. The second kappa shape index (κ2) is 5.46. The van der Waals surface area contributed by atoms with E-state index in [9.17, 15) is 22.8 Å². The van der Waals surface area contributed by atoms with Gasteiger partial charge >= 0.3 is 12.1 Å². The third kappa shape index (κ3) is 8.82. The molecular formula is C7H10F3NO3. The van der Waals surface area contributed by atoms with Crippen molar-refractivity contribution in [3.63, 3.8) is 0 Å². The highest BCUT2D eigenvalue weighted by Gasteiger charge is 2.30. The molecule has 14 heavy (non-hydrogen) atoms. The van der Waals surface area contributed by atoms with Crippen LogP contribution in [0.5, 0.6) is 0 Å². The minimum Gasteiger partial charge on any atom is -0.481 e. The van der Waals surface area contributed by atoms with Crippen LogP contribution in [0.4, 0.5) is 13.2 Å². The SMILES string of the molecule is O=C(O)CCCNC(=O)CC(F)(F)F. The Morgan fingerprint density at radius 3 is 2.29 bits per heavy atom. The van der Waals surface area contributed by atoms with Gasteiger partial charge in [-0.05, 0) is 6.42 Å². The molecule has 0 saturated carbocycles. The molecule has 0 aliphatic carbocycles. The molecule has 0 atom stereocenters. The van der Waals surface area contributed by atoms with Crippen LogP contribution in [-0.2, 0) is 9.59 Å². The Bertz CT molecular complexity index is 215. The Labute approximate surface area is 78.1 Å². The quantitative estimate of drug-likeness (QED) is 0.667. The highest BCUT2D eigenvalue weighted by Crippen LogP contribution is 2.18. The molecule has 0 rings (SSSR count). The molecule has 0 aromatic carbocycles. The lowest BCUT2D eigenvalue weighted by Gasteiger charge is -2.06. The summed E-state index contributed by atoms with van der Waals surface area (Å²) in [4.78, 5) is 20.5. The maximum atomic E-state index is 11.6. The molecule has 0 aliphatic rings. The summed E-state index contributed by atoms with van der Waals surface area (Å²) in [6.07, 6.45) is -6.10. The molecule has 1 amide bonds. The number of hydrogen-bond donors (Lipinski definition) is 2. The zero-order valence-corrected chi connectivity index (χ0v) is 7.23. The van der Waals surface area contributed by atoms with E-state index in [1.165, 1.54) is 0 Å². The Morgan fingerprint density at radius 1 is 1.29 bits per heavy atom. The molecule has 0 aliphatic heterocycles. The number of halogens is 3. The number of amides is 1. The van der Waals surface area contributed by atoms with E-state index in [2.05, 4.69) is 0 Å². The monoisotopic (exact) mass is 213 g/mol. The molecule has 0 heterocycles. The molecule has 0 spiro atoms. The highest BCUT2D eigenvalue weighted by atomic mass is 19.4. The Kier molecular flexibility index (Phi) is 4.96. The van der Waals surface area contributed by atoms with Gasteiger partial charge in [0.05, 0.1) is 0 Å². The maximum absolute atomic E-state index is 11.6. The number of nitrogens with one attached hydrogen (secondary N) is 1. The lowest BCUT2D eigenvalue weighted by Crippen LogP contribution is -2.29.